The molecule has 0 N–H and O–H groups in total. The van der Waals surface area contributed by atoms with Crippen LogP contribution in [-0.2, 0) is 0 Å². The molecule has 1 nitrogen and oxygen atoms in total. The normalized spacial score (nSPS) is 10.5. The van der Waals surface area contributed by atoms with Crippen LogP contribution in [0.4, 0.5) is 0 Å². The maximum atomic E-state index is 5.50. The quantitative estimate of drug-likeness (QED) is 0.658. The van der Waals surface area contributed by atoms with Gasteiger partial charge in [0, 0.05) is 5.56 Å². The van der Waals surface area contributed by atoms with Crippen LogP contribution in [0.2, 0.25) is 0 Å². The number of furan rings is 1. The van der Waals surface area contributed by atoms with Crippen LogP contribution in [0.1, 0.15) is 17.1 Å². The molecule has 0 saturated carbocycles. The van der Waals surface area contributed by atoms with Crippen molar-refractivity contribution >= 4 is 0 Å². The summed E-state index contributed by atoms with van der Waals surface area (Å²) >= 11 is 0. The summed E-state index contributed by atoms with van der Waals surface area (Å²) in [5, 5.41) is 0. The molecule has 0 radical (unpaired) electrons. The van der Waals surface area contributed by atoms with E-state index in [1.807, 2.05) is 13.8 Å². The Kier molecular flexibility index (Phi) is 2.16. The van der Waals surface area contributed by atoms with Gasteiger partial charge in [0.2, 0.25) is 0 Å². The van der Waals surface area contributed by atoms with E-state index in [-0.39, 0.29) is 0 Å². The first-order valence-corrected chi connectivity index (χ1v) is 4.81. The van der Waals surface area contributed by atoms with E-state index in [2.05, 4.69) is 37.3 Å². The molecule has 0 bridgehead atoms. The van der Waals surface area contributed by atoms with Crippen LogP contribution in [0.25, 0.3) is 11.1 Å². The molecule has 2 rings (SSSR count). The van der Waals surface area contributed by atoms with Crippen LogP contribution in [0, 0.1) is 20.8 Å². The molecule has 72 valence electrons. The molecule has 1 heteroatoms. The van der Waals surface area contributed by atoms with Crippen LogP contribution in [-0.4, -0.2) is 0 Å². The third-order valence-corrected chi connectivity index (χ3v) is 2.40. The number of aryl methyl sites for hydroxylation is 3. The Labute approximate surface area is 84.4 Å². The third-order valence-electron chi connectivity index (χ3n) is 2.40. The molecule has 0 aliphatic rings. The van der Waals surface area contributed by atoms with Crippen molar-refractivity contribution in [3.8, 4) is 11.1 Å². The van der Waals surface area contributed by atoms with Crippen LogP contribution >= 0.6 is 0 Å². The van der Waals surface area contributed by atoms with E-state index in [0.29, 0.717) is 0 Å². The summed E-state index contributed by atoms with van der Waals surface area (Å²) in [5.41, 5.74) is 3.71. The molecule has 1 aromatic heterocycles. The van der Waals surface area contributed by atoms with Gasteiger partial charge < -0.3 is 4.42 Å². The van der Waals surface area contributed by atoms with E-state index >= 15 is 0 Å². The van der Waals surface area contributed by atoms with Crippen LogP contribution < -0.4 is 0 Å². The van der Waals surface area contributed by atoms with Gasteiger partial charge in [-0.2, -0.15) is 0 Å². The second kappa shape index (κ2) is 3.33. The molecule has 0 unspecified atom stereocenters. The first-order valence-electron chi connectivity index (χ1n) is 4.81. The van der Waals surface area contributed by atoms with Crippen molar-refractivity contribution in [3.63, 3.8) is 0 Å². The molecule has 0 atom stereocenters. The van der Waals surface area contributed by atoms with Crippen molar-refractivity contribution < 1.29 is 4.42 Å². The van der Waals surface area contributed by atoms with E-state index < -0.39 is 0 Å². The smallest absolute Gasteiger partial charge is 0.108 e. The summed E-state index contributed by atoms with van der Waals surface area (Å²) in [7, 11) is 0. The maximum Gasteiger partial charge on any atom is 0.108 e. The molecule has 0 amide bonds. The minimum absolute atomic E-state index is 0.970. The summed E-state index contributed by atoms with van der Waals surface area (Å²) < 4.78 is 5.50. The molecule has 2 aromatic rings. The highest BCUT2D eigenvalue weighted by atomic mass is 16.3. The van der Waals surface area contributed by atoms with Crippen molar-refractivity contribution in [1.29, 1.82) is 0 Å². The van der Waals surface area contributed by atoms with Crippen molar-refractivity contribution in [2.45, 2.75) is 20.8 Å². The van der Waals surface area contributed by atoms with E-state index in [1.165, 1.54) is 16.7 Å². The minimum atomic E-state index is 0.970. The number of hydrogen-bond acceptors (Lipinski definition) is 1. The molecule has 0 spiro atoms. The Morgan fingerprint density at radius 1 is 0.929 bits per heavy atom. The monoisotopic (exact) mass is 186 g/mol. The molecular formula is C13H14O. The highest BCUT2D eigenvalue weighted by Crippen LogP contribution is 2.26. The van der Waals surface area contributed by atoms with Crippen LogP contribution in [0.5, 0.6) is 0 Å². The van der Waals surface area contributed by atoms with Gasteiger partial charge >= 0.3 is 0 Å². The first-order chi connectivity index (χ1) is 6.66. The Morgan fingerprint density at radius 2 is 1.57 bits per heavy atom. The van der Waals surface area contributed by atoms with Gasteiger partial charge in [0.25, 0.3) is 0 Å². The molecule has 1 heterocycles. The van der Waals surface area contributed by atoms with E-state index in [4.69, 9.17) is 4.42 Å². The van der Waals surface area contributed by atoms with E-state index in [0.717, 1.165) is 11.5 Å². The zero-order valence-corrected chi connectivity index (χ0v) is 8.79. The summed E-state index contributed by atoms with van der Waals surface area (Å²) in [5.74, 6) is 1.96. The number of rotatable bonds is 1. The topological polar surface area (TPSA) is 13.1 Å². The summed E-state index contributed by atoms with van der Waals surface area (Å²) in [6, 6.07) is 10.6. The number of benzene rings is 1. The largest absolute Gasteiger partial charge is 0.466 e. The van der Waals surface area contributed by atoms with Crippen molar-refractivity contribution in [2.75, 3.05) is 0 Å². The molecule has 0 saturated heterocycles. The first kappa shape index (κ1) is 9.07. The summed E-state index contributed by atoms with van der Waals surface area (Å²) in [6.45, 7) is 6.07. The average Bonchev–Trinajstić information content (AvgIpc) is 2.47. The lowest BCUT2D eigenvalue weighted by Gasteiger charge is -1.99. The SMILES string of the molecule is Cc1ccc(-c2cc(C)oc2C)cc1. The van der Waals surface area contributed by atoms with Crippen molar-refractivity contribution in [1.82, 2.24) is 0 Å². The highest BCUT2D eigenvalue weighted by molar-refractivity contribution is 5.66. The molecule has 0 aliphatic heterocycles. The van der Waals surface area contributed by atoms with Gasteiger partial charge in [0.05, 0.1) is 0 Å². The second-order valence-electron chi connectivity index (χ2n) is 3.69. The fourth-order valence-corrected chi connectivity index (χ4v) is 1.65. The van der Waals surface area contributed by atoms with Gasteiger partial charge in [-0.25, -0.2) is 0 Å². The lowest BCUT2D eigenvalue weighted by atomic mass is 10.1. The third kappa shape index (κ3) is 1.58. The zero-order chi connectivity index (χ0) is 10.1. The lowest BCUT2D eigenvalue weighted by molar-refractivity contribution is 0.505. The molecular weight excluding hydrogens is 172 g/mol. The predicted molar refractivity (Wildman–Crippen MR) is 58.4 cm³/mol. The van der Waals surface area contributed by atoms with Crippen LogP contribution in [0.3, 0.4) is 0 Å². The fourth-order valence-electron chi connectivity index (χ4n) is 1.65. The standard InChI is InChI=1S/C13H14O/c1-9-4-6-12(7-5-9)13-8-10(2)14-11(13)3/h4-8H,1-3H3. The minimum Gasteiger partial charge on any atom is -0.466 e. The molecule has 0 fully saturated rings. The Hall–Kier alpha value is -1.50. The van der Waals surface area contributed by atoms with E-state index in [9.17, 15) is 0 Å². The summed E-state index contributed by atoms with van der Waals surface area (Å²) in [4.78, 5) is 0. The van der Waals surface area contributed by atoms with Gasteiger partial charge in [0.15, 0.2) is 0 Å². The molecule has 0 aliphatic carbocycles. The predicted octanol–water partition coefficient (Wildman–Crippen LogP) is 3.87. The van der Waals surface area contributed by atoms with Gasteiger partial charge in [-0.05, 0) is 32.4 Å². The number of hydrogen-bond donors (Lipinski definition) is 0. The van der Waals surface area contributed by atoms with Crippen molar-refractivity contribution in [3.05, 3.63) is 47.4 Å². The van der Waals surface area contributed by atoms with Crippen LogP contribution in [0.15, 0.2) is 34.7 Å². The fraction of sp³-hybridized carbons (Fsp3) is 0.231. The average molecular weight is 186 g/mol. The Bertz CT molecular complexity index is 435. The molecule has 14 heavy (non-hydrogen) atoms. The van der Waals surface area contributed by atoms with Gasteiger partial charge in [-0.3, -0.25) is 0 Å². The van der Waals surface area contributed by atoms with Gasteiger partial charge in [0.1, 0.15) is 11.5 Å². The Balaban J connectivity index is 2.49. The second-order valence-corrected chi connectivity index (χ2v) is 3.69. The maximum absolute atomic E-state index is 5.50. The van der Waals surface area contributed by atoms with Gasteiger partial charge in [-0.15, -0.1) is 0 Å². The zero-order valence-electron chi connectivity index (χ0n) is 8.79. The van der Waals surface area contributed by atoms with Gasteiger partial charge in [-0.1, -0.05) is 29.8 Å². The molecule has 1 aromatic carbocycles. The van der Waals surface area contributed by atoms with Crippen molar-refractivity contribution in [2.24, 2.45) is 0 Å². The lowest BCUT2D eigenvalue weighted by Crippen LogP contribution is -1.77. The Morgan fingerprint density at radius 3 is 2.07 bits per heavy atom. The highest BCUT2D eigenvalue weighted by Gasteiger charge is 2.05. The summed E-state index contributed by atoms with van der Waals surface area (Å²) in [6.07, 6.45) is 0. The van der Waals surface area contributed by atoms with E-state index in [1.54, 1.807) is 0 Å².